The van der Waals surface area contributed by atoms with E-state index < -0.39 is 0 Å². The number of rotatable bonds is 3. The zero-order valence-electron chi connectivity index (χ0n) is 17.1. The molecule has 4 aromatic rings. The summed E-state index contributed by atoms with van der Waals surface area (Å²) < 4.78 is 16.5. The summed E-state index contributed by atoms with van der Waals surface area (Å²) in [5, 5.41) is 1.19. The van der Waals surface area contributed by atoms with E-state index >= 15 is 0 Å². The van der Waals surface area contributed by atoms with Crippen LogP contribution in [-0.2, 0) is 13.1 Å². The Morgan fingerprint density at radius 3 is 2.65 bits per heavy atom. The van der Waals surface area contributed by atoms with Crippen molar-refractivity contribution in [3.05, 3.63) is 94.2 Å². The lowest BCUT2D eigenvalue weighted by Crippen LogP contribution is -2.46. The molecule has 2 aliphatic rings. The third kappa shape index (κ3) is 3.42. The van der Waals surface area contributed by atoms with Gasteiger partial charge in [-0.3, -0.25) is 9.69 Å². The third-order valence-electron chi connectivity index (χ3n) is 6.69. The highest BCUT2D eigenvalue weighted by molar-refractivity contribution is 7.22. The molecule has 5 heteroatoms. The first-order chi connectivity index (χ1) is 15.1. The average Bonchev–Trinajstić information content (AvgIpc) is 3.20. The molecule has 2 aliphatic heterocycles. The fourth-order valence-electron chi connectivity index (χ4n) is 5.32. The predicted octanol–water partition coefficient (Wildman–Crippen LogP) is 5.49. The first-order valence-corrected chi connectivity index (χ1v) is 11.7. The summed E-state index contributed by atoms with van der Waals surface area (Å²) in [7, 11) is 0. The number of halogens is 1. The topological polar surface area (TPSA) is 25.2 Å². The van der Waals surface area contributed by atoms with Gasteiger partial charge in [0.15, 0.2) is 0 Å². The molecule has 2 aromatic carbocycles. The fourth-order valence-corrected chi connectivity index (χ4v) is 6.40. The fraction of sp³-hybridized carbons (Fsp3) is 0.269. The van der Waals surface area contributed by atoms with Crippen molar-refractivity contribution >= 4 is 21.4 Å². The van der Waals surface area contributed by atoms with E-state index in [9.17, 15) is 9.18 Å². The van der Waals surface area contributed by atoms with Gasteiger partial charge in [-0.1, -0.05) is 30.3 Å². The first kappa shape index (κ1) is 19.0. The summed E-state index contributed by atoms with van der Waals surface area (Å²) in [6.07, 6.45) is 1.14. The monoisotopic (exact) mass is 430 g/mol. The van der Waals surface area contributed by atoms with E-state index in [1.807, 2.05) is 34.9 Å². The second-order valence-corrected chi connectivity index (χ2v) is 9.94. The molecule has 0 radical (unpaired) electrons. The van der Waals surface area contributed by atoms with Gasteiger partial charge in [-0.15, -0.1) is 11.3 Å². The minimum absolute atomic E-state index is 0.144. The van der Waals surface area contributed by atoms with E-state index in [1.54, 1.807) is 11.3 Å². The molecule has 31 heavy (non-hydrogen) atoms. The van der Waals surface area contributed by atoms with Crippen LogP contribution in [0, 0.1) is 11.7 Å². The molecule has 0 N–H and O–H groups in total. The van der Waals surface area contributed by atoms with Crippen LogP contribution >= 0.6 is 11.3 Å². The molecular weight excluding hydrogens is 407 g/mol. The van der Waals surface area contributed by atoms with Crippen LogP contribution in [0.3, 0.4) is 0 Å². The average molecular weight is 431 g/mol. The van der Waals surface area contributed by atoms with Gasteiger partial charge in [0.1, 0.15) is 5.82 Å². The Kier molecular flexibility index (Phi) is 4.55. The molecule has 1 saturated heterocycles. The van der Waals surface area contributed by atoms with Crippen LogP contribution in [0.25, 0.3) is 20.5 Å². The lowest BCUT2D eigenvalue weighted by atomic mass is 9.82. The Morgan fingerprint density at radius 1 is 0.968 bits per heavy atom. The molecule has 6 rings (SSSR count). The molecule has 0 aliphatic carbocycles. The number of pyridine rings is 1. The van der Waals surface area contributed by atoms with Gasteiger partial charge in [-0.2, -0.15) is 0 Å². The summed E-state index contributed by atoms with van der Waals surface area (Å²) in [5.41, 5.74) is 3.26. The third-order valence-corrected chi connectivity index (χ3v) is 7.84. The molecule has 0 amide bonds. The molecule has 1 fully saturated rings. The van der Waals surface area contributed by atoms with Crippen molar-refractivity contribution in [1.82, 2.24) is 9.47 Å². The summed E-state index contributed by atoms with van der Waals surface area (Å²) in [4.78, 5) is 17.0. The maximum atomic E-state index is 13.4. The van der Waals surface area contributed by atoms with Gasteiger partial charge >= 0.3 is 0 Å². The normalized spacial score (nSPS) is 20.7. The van der Waals surface area contributed by atoms with Crippen LogP contribution in [0.15, 0.2) is 71.5 Å². The van der Waals surface area contributed by atoms with E-state index in [0.29, 0.717) is 11.8 Å². The van der Waals surface area contributed by atoms with Crippen LogP contribution in [0.5, 0.6) is 0 Å². The van der Waals surface area contributed by atoms with Crippen molar-refractivity contribution in [2.24, 2.45) is 5.92 Å². The Morgan fingerprint density at radius 2 is 1.81 bits per heavy atom. The van der Waals surface area contributed by atoms with Crippen LogP contribution in [-0.4, -0.2) is 22.6 Å². The molecule has 0 saturated carbocycles. The Bertz CT molecular complexity index is 1290. The van der Waals surface area contributed by atoms with Crippen molar-refractivity contribution in [2.45, 2.75) is 25.4 Å². The molecule has 0 unspecified atom stereocenters. The molecule has 0 spiro atoms. The quantitative estimate of drug-likeness (QED) is 0.430. The van der Waals surface area contributed by atoms with Crippen LogP contribution in [0.4, 0.5) is 4.39 Å². The maximum Gasteiger partial charge on any atom is 0.259 e. The first-order valence-electron chi connectivity index (χ1n) is 10.8. The van der Waals surface area contributed by atoms with Crippen LogP contribution < -0.4 is 5.56 Å². The minimum atomic E-state index is -0.193. The minimum Gasteiger partial charge on any atom is -0.311 e. The van der Waals surface area contributed by atoms with Gasteiger partial charge in [0, 0.05) is 47.4 Å². The predicted molar refractivity (Wildman–Crippen MR) is 124 cm³/mol. The second kappa shape index (κ2) is 7.43. The van der Waals surface area contributed by atoms with Gasteiger partial charge in [0.25, 0.3) is 5.56 Å². The van der Waals surface area contributed by atoms with E-state index in [0.717, 1.165) is 54.3 Å². The van der Waals surface area contributed by atoms with E-state index in [4.69, 9.17) is 0 Å². The van der Waals surface area contributed by atoms with E-state index in [-0.39, 0.29) is 11.4 Å². The van der Waals surface area contributed by atoms with Crippen molar-refractivity contribution in [2.75, 3.05) is 13.1 Å². The van der Waals surface area contributed by atoms with Crippen molar-refractivity contribution < 1.29 is 4.39 Å². The van der Waals surface area contributed by atoms with Crippen molar-refractivity contribution in [1.29, 1.82) is 0 Å². The smallest absolute Gasteiger partial charge is 0.259 e. The van der Waals surface area contributed by atoms with E-state index in [1.165, 1.54) is 22.2 Å². The second-order valence-electron chi connectivity index (χ2n) is 8.86. The van der Waals surface area contributed by atoms with Gasteiger partial charge in [-0.05, 0) is 59.7 Å². The lowest BCUT2D eigenvalue weighted by molar-refractivity contribution is 0.114. The van der Waals surface area contributed by atoms with Gasteiger partial charge in [0.2, 0.25) is 0 Å². The largest absolute Gasteiger partial charge is 0.311 e. The van der Waals surface area contributed by atoms with E-state index in [2.05, 4.69) is 29.2 Å². The highest BCUT2D eigenvalue weighted by Crippen LogP contribution is 2.37. The summed E-state index contributed by atoms with van der Waals surface area (Å²) in [6.45, 7) is 3.53. The number of thiophene rings is 1. The number of nitrogens with zero attached hydrogens (tertiary/aromatic N) is 2. The number of piperidine rings is 1. The molecular formula is C26H23FN2OS. The summed E-state index contributed by atoms with van der Waals surface area (Å²) in [5.74, 6) is 0.654. The number of aromatic nitrogens is 1. The molecule has 3 nitrogen and oxygen atoms in total. The number of hydrogen-bond acceptors (Lipinski definition) is 3. The number of fused-ring (bicyclic) bond motifs is 5. The molecule has 2 atom stereocenters. The molecule has 2 bridgehead atoms. The standard InChI is InChI=1S/C26H23FN2OS/c27-21-7-5-17(6-8-21)13-28-14-18-11-20(16-28)23-10-9-22(26(30)29(23)15-18)25-12-19-3-1-2-4-24(19)31-25/h1-10,12,18,20H,11,13-16H2/t18-,20+/m0/s1. The SMILES string of the molecule is O=c1c(-c2cc3ccccc3s2)ccc2n1C[C@H]1C[C@@H]2CN(Cc2ccc(F)cc2)C1. The Hall–Kier alpha value is -2.76. The highest BCUT2D eigenvalue weighted by atomic mass is 32.1. The zero-order valence-corrected chi connectivity index (χ0v) is 17.9. The Labute approximate surface area is 184 Å². The lowest BCUT2D eigenvalue weighted by Gasteiger charge is -2.43. The van der Waals surface area contributed by atoms with Crippen molar-refractivity contribution in [3.63, 3.8) is 0 Å². The number of benzene rings is 2. The molecule has 156 valence electrons. The molecule has 2 aromatic heterocycles. The number of likely N-dealkylation sites (tertiary alicyclic amines) is 1. The summed E-state index contributed by atoms with van der Waals surface area (Å²) in [6, 6.07) is 21.4. The molecule has 4 heterocycles. The van der Waals surface area contributed by atoms with Gasteiger partial charge < -0.3 is 4.57 Å². The highest BCUT2D eigenvalue weighted by Gasteiger charge is 2.35. The van der Waals surface area contributed by atoms with Gasteiger partial charge in [-0.25, -0.2) is 4.39 Å². The van der Waals surface area contributed by atoms with Gasteiger partial charge in [0.05, 0.1) is 5.56 Å². The van der Waals surface area contributed by atoms with Crippen LogP contribution in [0.2, 0.25) is 0 Å². The maximum absolute atomic E-state index is 13.4. The van der Waals surface area contributed by atoms with Crippen molar-refractivity contribution in [3.8, 4) is 10.4 Å². The Balaban J connectivity index is 1.30. The van der Waals surface area contributed by atoms with Crippen LogP contribution in [0.1, 0.15) is 23.6 Å². The number of hydrogen-bond donors (Lipinski definition) is 0. The zero-order chi connectivity index (χ0) is 20.9. The summed E-state index contributed by atoms with van der Waals surface area (Å²) >= 11 is 1.69.